The summed E-state index contributed by atoms with van der Waals surface area (Å²) in [5.41, 5.74) is 13.5. The van der Waals surface area contributed by atoms with Gasteiger partial charge in [-0.3, -0.25) is 14.9 Å². The smallest absolute Gasteiger partial charge is 0.388 e. The zero-order chi connectivity index (χ0) is 23.1. The maximum atomic E-state index is 13.5. The average molecular weight is 458 g/mol. The van der Waals surface area contributed by atoms with Gasteiger partial charge in [0.05, 0.1) is 53.8 Å². The fraction of sp³-hybridized carbons (Fsp3) is 0.300. The van der Waals surface area contributed by atoms with E-state index < -0.39 is 12.7 Å². The van der Waals surface area contributed by atoms with Crippen LogP contribution in [0.15, 0.2) is 42.2 Å². The van der Waals surface area contributed by atoms with Crippen molar-refractivity contribution in [3.8, 4) is 0 Å². The molecule has 11 nitrogen and oxygen atoms in total. The number of fused-ring (bicyclic) bond motifs is 3. The number of alkyl halides is 2. The number of carbonyl (C=O) groups excluding carboxylic acids is 1. The van der Waals surface area contributed by atoms with E-state index in [0.717, 1.165) is 5.52 Å². The molecule has 1 saturated heterocycles. The van der Waals surface area contributed by atoms with Crippen molar-refractivity contribution in [2.45, 2.75) is 12.7 Å². The molecule has 3 aromatic heterocycles. The lowest BCUT2D eigenvalue weighted by molar-refractivity contribution is -0.103. The number of nitrogen functional groups attached to an aromatic ring is 1. The van der Waals surface area contributed by atoms with Gasteiger partial charge in [-0.1, -0.05) is 0 Å². The topological polar surface area (TPSA) is 132 Å². The molecule has 0 spiro atoms. The number of aromatic nitrogens is 4. The first-order valence-corrected chi connectivity index (χ1v) is 10.1. The van der Waals surface area contributed by atoms with Gasteiger partial charge in [0.2, 0.25) is 5.88 Å². The Hall–Kier alpha value is -4.00. The molecule has 0 saturated carbocycles. The maximum Gasteiger partial charge on any atom is 0.388 e. The van der Waals surface area contributed by atoms with E-state index in [9.17, 15) is 13.6 Å². The molecule has 2 aliphatic heterocycles. The molecule has 0 aliphatic carbocycles. The zero-order valence-electron chi connectivity index (χ0n) is 17.5. The average Bonchev–Trinajstić information content (AvgIpc) is 3.21. The number of allylic oxidation sites excluding steroid dienone is 2. The Morgan fingerprint density at radius 1 is 1.30 bits per heavy atom. The van der Waals surface area contributed by atoms with E-state index >= 15 is 0 Å². The van der Waals surface area contributed by atoms with Crippen LogP contribution < -0.4 is 16.6 Å². The maximum absolute atomic E-state index is 13.5. The second-order valence-corrected chi connectivity index (χ2v) is 7.48. The molecule has 1 amide bonds. The normalized spacial score (nSPS) is 18.7. The van der Waals surface area contributed by atoms with E-state index in [-0.39, 0.29) is 24.1 Å². The number of morpholine rings is 1. The van der Waals surface area contributed by atoms with Crippen LogP contribution in [0.5, 0.6) is 0 Å². The van der Waals surface area contributed by atoms with Crippen LogP contribution in [0, 0.1) is 0 Å². The third-order valence-corrected chi connectivity index (χ3v) is 5.52. The minimum atomic E-state index is -2.95. The van der Waals surface area contributed by atoms with Gasteiger partial charge in [0.1, 0.15) is 11.5 Å². The van der Waals surface area contributed by atoms with Gasteiger partial charge in [0.25, 0.3) is 5.91 Å². The van der Waals surface area contributed by atoms with Gasteiger partial charge >= 0.3 is 6.61 Å². The molecule has 5 heterocycles. The fourth-order valence-electron chi connectivity index (χ4n) is 3.97. The molecule has 0 bridgehead atoms. The lowest BCUT2D eigenvalue weighted by Gasteiger charge is -2.37. The molecule has 2 aliphatic rings. The second-order valence-electron chi connectivity index (χ2n) is 7.48. The van der Waals surface area contributed by atoms with Gasteiger partial charge in [0, 0.05) is 25.1 Å². The van der Waals surface area contributed by atoms with Crippen molar-refractivity contribution in [2.75, 3.05) is 25.5 Å². The number of amides is 1. The highest BCUT2D eigenvalue weighted by molar-refractivity contribution is 6.09. The summed E-state index contributed by atoms with van der Waals surface area (Å²) in [4.78, 5) is 23.8. The number of aryl methyl sites for hydroxylation is 1. The van der Waals surface area contributed by atoms with Crippen molar-refractivity contribution < 1.29 is 23.0 Å². The SMILES string of the molecule is Cn1ncc2c(N)nc3cnc(C(=O)N4CCOC[C@@H]4C4=CC=C(OC(F)F)NN4)cc3c21. The van der Waals surface area contributed by atoms with Gasteiger partial charge in [-0.05, 0) is 12.1 Å². The lowest BCUT2D eigenvalue weighted by atomic mass is 10.1. The number of anilines is 1. The largest absolute Gasteiger partial charge is 0.418 e. The molecule has 0 aromatic carbocycles. The van der Waals surface area contributed by atoms with Crippen LogP contribution in [0.4, 0.5) is 14.6 Å². The molecule has 0 unspecified atom stereocenters. The number of nitrogens with zero attached hydrogens (tertiary/aromatic N) is 5. The monoisotopic (exact) mass is 458 g/mol. The van der Waals surface area contributed by atoms with Crippen LogP contribution in [0.3, 0.4) is 0 Å². The molecule has 5 rings (SSSR count). The molecule has 1 fully saturated rings. The number of ether oxygens (including phenoxy) is 2. The van der Waals surface area contributed by atoms with Crippen molar-refractivity contribution >= 4 is 33.5 Å². The Balaban J connectivity index is 1.48. The number of hydrazine groups is 1. The number of hydrogen-bond acceptors (Lipinski definition) is 9. The summed E-state index contributed by atoms with van der Waals surface area (Å²) in [6.07, 6.45) is 6.06. The number of nitrogens with two attached hydrogens (primary N) is 1. The summed E-state index contributed by atoms with van der Waals surface area (Å²) in [5, 5.41) is 5.64. The van der Waals surface area contributed by atoms with Crippen LogP contribution in [0.2, 0.25) is 0 Å². The Morgan fingerprint density at radius 3 is 2.91 bits per heavy atom. The Bertz CT molecular complexity index is 1310. The minimum absolute atomic E-state index is 0.133. The molecular formula is C20H20F2N8O3. The molecular weight excluding hydrogens is 438 g/mol. The third-order valence-electron chi connectivity index (χ3n) is 5.52. The summed E-state index contributed by atoms with van der Waals surface area (Å²) >= 11 is 0. The zero-order valence-corrected chi connectivity index (χ0v) is 17.5. The van der Waals surface area contributed by atoms with E-state index in [0.29, 0.717) is 41.0 Å². The lowest BCUT2D eigenvalue weighted by Crippen LogP contribution is -2.54. The highest BCUT2D eigenvalue weighted by Gasteiger charge is 2.32. The summed E-state index contributed by atoms with van der Waals surface area (Å²) in [5.74, 6) is -0.101. The van der Waals surface area contributed by atoms with Gasteiger partial charge in [0.15, 0.2) is 0 Å². The molecule has 33 heavy (non-hydrogen) atoms. The Labute approximate surface area is 185 Å². The number of hydrogen-bond donors (Lipinski definition) is 3. The quantitative estimate of drug-likeness (QED) is 0.524. The molecule has 172 valence electrons. The Morgan fingerprint density at radius 2 is 2.15 bits per heavy atom. The first kappa shape index (κ1) is 20.9. The van der Waals surface area contributed by atoms with Crippen LogP contribution in [0.25, 0.3) is 21.8 Å². The standard InChI is InChI=1S/C20H20F2N8O3/c1-29-17-10-6-13(24-8-14(10)26-18(23)11(17)7-25-29)19(31)30-4-5-32-9-15(30)12-2-3-16(28-27-12)33-20(21)22/h2-3,6-8,15,20,27-28H,4-5,9H2,1H3,(H2,23,26)/t15-/m1/s1. The highest BCUT2D eigenvalue weighted by atomic mass is 19.3. The first-order valence-electron chi connectivity index (χ1n) is 10.1. The minimum Gasteiger partial charge on any atom is -0.418 e. The van der Waals surface area contributed by atoms with Crippen LogP contribution in [0.1, 0.15) is 10.5 Å². The third kappa shape index (κ3) is 3.75. The van der Waals surface area contributed by atoms with Crippen molar-refractivity contribution in [3.05, 3.63) is 47.9 Å². The number of pyridine rings is 2. The van der Waals surface area contributed by atoms with E-state index in [1.165, 1.54) is 12.3 Å². The van der Waals surface area contributed by atoms with E-state index in [4.69, 9.17) is 10.5 Å². The molecule has 13 heteroatoms. The predicted octanol–water partition coefficient (Wildman–Crippen LogP) is 1.01. The number of carbonyl (C=O) groups is 1. The summed E-state index contributed by atoms with van der Waals surface area (Å²) in [6, 6.07) is 1.19. The molecule has 3 aromatic rings. The molecule has 0 radical (unpaired) electrons. The summed E-state index contributed by atoms with van der Waals surface area (Å²) in [6.45, 7) is -2.04. The van der Waals surface area contributed by atoms with Crippen LogP contribution in [-0.4, -0.2) is 63.0 Å². The van der Waals surface area contributed by atoms with Crippen molar-refractivity contribution in [1.29, 1.82) is 0 Å². The van der Waals surface area contributed by atoms with Gasteiger partial charge in [-0.15, -0.1) is 0 Å². The molecule has 1 atom stereocenters. The summed E-state index contributed by atoms with van der Waals surface area (Å²) < 4.78 is 36.4. The van der Waals surface area contributed by atoms with Crippen LogP contribution in [-0.2, 0) is 16.5 Å². The summed E-state index contributed by atoms with van der Waals surface area (Å²) in [7, 11) is 1.79. The second kappa shape index (κ2) is 8.16. The Kier molecular flexibility index (Phi) is 5.17. The first-order chi connectivity index (χ1) is 15.9. The van der Waals surface area contributed by atoms with Crippen molar-refractivity contribution in [2.24, 2.45) is 7.05 Å². The van der Waals surface area contributed by atoms with Crippen molar-refractivity contribution in [1.82, 2.24) is 35.5 Å². The highest BCUT2D eigenvalue weighted by Crippen LogP contribution is 2.28. The molecule has 4 N–H and O–H groups in total. The van der Waals surface area contributed by atoms with Gasteiger partial charge in [-0.2, -0.15) is 13.9 Å². The van der Waals surface area contributed by atoms with Gasteiger partial charge < -0.3 is 25.5 Å². The fourth-order valence-corrected chi connectivity index (χ4v) is 3.97. The number of halogens is 2. The van der Waals surface area contributed by atoms with Crippen molar-refractivity contribution in [3.63, 3.8) is 0 Å². The predicted molar refractivity (Wildman–Crippen MR) is 113 cm³/mol. The van der Waals surface area contributed by atoms with E-state index in [1.54, 1.807) is 35.0 Å². The van der Waals surface area contributed by atoms with Crippen LogP contribution >= 0.6 is 0 Å². The number of nitrogens with one attached hydrogen (secondary N) is 2. The van der Waals surface area contributed by atoms with E-state index in [1.807, 2.05) is 0 Å². The van der Waals surface area contributed by atoms with E-state index in [2.05, 4.69) is 30.7 Å². The van der Waals surface area contributed by atoms with Gasteiger partial charge in [-0.25, -0.2) is 9.97 Å². The number of rotatable bonds is 4.